The number of hydrogen-bond donors (Lipinski definition) is 0. The summed E-state index contributed by atoms with van der Waals surface area (Å²) in [6.07, 6.45) is 11.8. The topological polar surface area (TPSA) is 17.1 Å². The van der Waals surface area contributed by atoms with Crippen molar-refractivity contribution in [2.24, 2.45) is 17.3 Å². The number of carbonyl (C=O) groups is 1. The van der Waals surface area contributed by atoms with Crippen LogP contribution in [-0.4, -0.2) is 5.78 Å². The van der Waals surface area contributed by atoms with E-state index in [1.165, 1.54) is 32.1 Å². The molecule has 2 bridgehead atoms. The minimum atomic E-state index is 0.323. The Morgan fingerprint density at radius 3 is 3.15 bits per heavy atom. The fraction of sp³-hybridized carbons (Fsp3) is 0.750. The van der Waals surface area contributed by atoms with Gasteiger partial charge in [0.1, 0.15) is 5.78 Å². The second kappa shape index (κ2) is 2.46. The summed E-state index contributed by atoms with van der Waals surface area (Å²) in [5, 5.41) is 0. The summed E-state index contributed by atoms with van der Waals surface area (Å²) in [5.41, 5.74) is 0.323. The summed E-state index contributed by atoms with van der Waals surface area (Å²) in [6, 6.07) is 0. The molecule has 3 fully saturated rings. The Balaban J connectivity index is 2.01. The SMILES string of the molecule is O=C1C[C@]23C=CCC[C@H]2C[C@H]1CC3. The standard InChI is InChI=1S/C12H16O/c13-11-8-12-5-2-1-3-10(12)7-9(11)4-6-12/h2,5,9-10H,1,3-4,6-8H2/t9-,10+,12-/m1/s1. The molecule has 4 aliphatic rings. The monoisotopic (exact) mass is 176 g/mol. The van der Waals surface area contributed by atoms with E-state index in [1.54, 1.807) is 0 Å². The Kier molecular flexibility index (Phi) is 1.47. The minimum absolute atomic E-state index is 0.323. The molecule has 4 rings (SSSR count). The van der Waals surface area contributed by atoms with Crippen molar-refractivity contribution in [2.45, 2.75) is 38.5 Å². The van der Waals surface area contributed by atoms with Gasteiger partial charge in [-0.3, -0.25) is 4.79 Å². The van der Waals surface area contributed by atoms with Gasteiger partial charge in [-0.2, -0.15) is 0 Å². The van der Waals surface area contributed by atoms with Crippen molar-refractivity contribution in [1.29, 1.82) is 0 Å². The van der Waals surface area contributed by atoms with Crippen molar-refractivity contribution in [3.63, 3.8) is 0 Å². The van der Waals surface area contributed by atoms with Gasteiger partial charge in [-0.05, 0) is 43.4 Å². The Morgan fingerprint density at radius 1 is 1.38 bits per heavy atom. The van der Waals surface area contributed by atoms with Gasteiger partial charge in [-0.25, -0.2) is 0 Å². The summed E-state index contributed by atoms with van der Waals surface area (Å²) < 4.78 is 0. The molecule has 0 heterocycles. The molecule has 0 amide bonds. The Morgan fingerprint density at radius 2 is 2.31 bits per heavy atom. The van der Waals surface area contributed by atoms with E-state index in [0.717, 1.165) is 12.3 Å². The number of carbonyl (C=O) groups excluding carboxylic acids is 1. The molecule has 0 aromatic heterocycles. The highest BCUT2D eigenvalue weighted by Crippen LogP contribution is 2.56. The van der Waals surface area contributed by atoms with Crippen LogP contribution in [0.3, 0.4) is 0 Å². The quantitative estimate of drug-likeness (QED) is 0.519. The molecule has 3 atom stereocenters. The van der Waals surface area contributed by atoms with Crippen molar-refractivity contribution in [2.75, 3.05) is 0 Å². The molecule has 1 nitrogen and oxygen atoms in total. The van der Waals surface area contributed by atoms with E-state index in [4.69, 9.17) is 0 Å². The van der Waals surface area contributed by atoms with Crippen molar-refractivity contribution in [3.8, 4) is 0 Å². The molecular weight excluding hydrogens is 160 g/mol. The maximum atomic E-state index is 11.7. The smallest absolute Gasteiger partial charge is 0.136 e. The van der Waals surface area contributed by atoms with Crippen molar-refractivity contribution in [3.05, 3.63) is 12.2 Å². The molecule has 70 valence electrons. The van der Waals surface area contributed by atoms with Crippen LogP contribution in [0.25, 0.3) is 0 Å². The van der Waals surface area contributed by atoms with E-state index in [0.29, 0.717) is 17.1 Å². The third-order valence-electron chi connectivity index (χ3n) is 4.43. The zero-order chi connectivity index (χ0) is 8.89. The van der Waals surface area contributed by atoms with E-state index < -0.39 is 0 Å². The predicted octanol–water partition coefficient (Wildman–Crippen LogP) is 2.71. The van der Waals surface area contributed by atoms with Gasteiger partial charge in [0.2, 0.25) is 0 Å². The molecule has 3 saturated carbocycles. The second-order valence-corrected chi connectivity index (χ2v) is 5.02. The normalized spacial score (nSPS) is 47.8. The lowest BCUT2D eigenvalue weighted by Gasteiger charge is -2.51. The van der Waals surface area contributed by atoms with Gasteiger partial charge < -0.3 is 0 Å². The zero-order valence-corrected chi connectivity index (χ0v) is 7.96. The van der Waals surface area contributed by atoms with E-state index in [1.807, 2.05) is 0 Å². The van der Waals surface area contributed by atoms with Crippen LogP contribution in [0.5, 0.6) is 0 Å². The highest BCUT2D eigenvalue weighted by molar-refractivity contribution is 5.84. The van der Waals surface area contributed by atoms with Crippen LogP contribution < -0.4 is 0 Å². The summed E-state index contributed by atoms with van der Waals surface area (Å²) >= 11 is 0. The first-order valence-electron chi connectivity index (χ1n) is 5.51. The van der Waals surface area contributed by atoms with E-state index in [9.17, 15) is 4.79 Å². The maximum absolute atomic E-state index is 11.7. The first-order valence-corrected chi connectivity index (χ1v) is 5.51. The van der Waals surface area contributed by atoms with Crippen LogP contribution in [0.4, 0.5) is 0 Å². The van der Waals surface area contributed by atoms with Crippen LogP contribution in [-0.2, 0) is 4.79 Å². The number of allylic oxidation sites excluding steroid dienone is 2. The van der Waals surface area contributed by atoms with Gasteiger partial charge >= 0.3 is 0 Å². The number of ketones is 1. The zero-order valence-electron chi connectivity index (χ0n) is 7.96. The first-order chi connectivity index (χ1) is 6.30. The summed E-state index contributed by atoms with van der Waals surface area (Å²) in [5.74, 6) is 1.83. The van der Waals surface area contributed by atoms with E-state index >= 15 is 0 Å². The molecule has 1 spiro atoms. The maximum Gasteiger partial charge on any atom is 0.136 e. The van der Waals surface area contributed by atoms with E-state index in [2.05, 4.69) is 12.2 Å². The molecule has 0 N–H and O–H groups in total. The van der Waals surface area contributed by atoms with Crippen LogP contribution in [0.2, 0.25) is 0 Å². The average molecular weight is 176 g/mol. The predicted molar refractivity (Wildman–Crippen MR) is 51.3 cm³/mol. The molecule has 13 heavy (non-hydrogen) atoms. The number of hydrogen-bond acceptors (Lipinski definition) is 1. The highest BCUT2D eigenvalue weighted by atomic mass is 16.1. The lowest BCUT2D eigenvalue weighted by molar-refractivity contribution is -0.135. The average Bonchev–Trinajstić information content (AvgIpc) is 2.16. The fourth-order valence-electron chi connectivity index (χ4n) is 3.64. The van der Waals surface area contributed by atoms with Crippen molar-refractivity contribution < 1.29 is 4.79 Å². The Hall–Kier alpha value is -0.590. The molecular formula is C12H16O. The van der Waals surface area contributed by atoms with Gasteiger partial charge in [0.25, 0.3) is 0 Å². The molecule has 0 saturated heterocycles. The number of fused-ring (bicyclic) bond motifs is 2. The second-order valence-electron chi connectivity index (χ2n) is 5.02. The third-order valence-corrected chi connectivity index (χ3v) is 4.43. The van der Waals surface area contributed by atoms with Gasteiger partial charge in [0.15, 0.2) is 0 Å². The molecule has 4 aliphatic carbocycles. The summed E-state index contributed by atoms with van der Waals surface area (Å²) in [4.78, 5) is 11.7. The van der Waals surface area contributed by atoms with Crippen molar-refractivity contribution >= 4 is 5.78 Å². The Labute approximate surface area is 79.2 Å². The minimum Gasteiger partial charge on any atom is -0.299 e. The van der Waals surface area contributed by atoms with Gasteiger partial charge in [0, 0.05) is 12.3 Å². The summed E-state index contributed by atoms with van der Waals surface area (Å²) in [7, 11) is 0. The van der Waals surface area contributed by atoms with Crippen LogP contribution in [0, 0.1) is 17.3 Å². The molecule has 0 aromatic carbocycles. The fourth-order valence-corrected chi connectivity index (χ4v) is 3.64. The molecule has 0 aliphatic heterocycles. The Bertz CT molecular complexity index is 279. The van der Waals surface area contributed by atoms with Crippen molar-refractivity contribution in [1.82, 2.24) is 0 Å². The molecule has 0 aromatic rings. The molecule has 0 radical (unpaired) electrons. The van der Waals surface area contributed by atoms with Gasteiger partial charge in [-0.1, -0.05) is 12.2 Å². The number of rotatable bonds is 0. The van der Waals surface area contributed by atoms with Crippen LogP contribution in [0.15, 0.2) is 12.2 Å². The third kappa shape index (κ3) is 0.962. The molecule has 1 heteroatoms. The number of Topliss-reactive ketones (excluding diaryl/α,β-unsaturated/α-hetero) is 1. The lowest BCUT2D eigenvalue weighted by Crippen LogP contribution is -2.46. The largest absolute Gasteiger partial charge is 0.299 e. The van der Waals surface area contributed by atoms with Gasteiger partial charge in [0.05, 0.1) is 0 Å². The first kappa shape index (κ1) is 7.78. The lowest BCUT2D eigenvalue weighted by atomic mass is 9.52. The highest BCUT2D eigenvalue weighted by Gasteiger charge is 2.50. The molecule has 0 unspecified atom stereocenters. The van der Waals surface area contributed by atoms with Crippen LogP contribution in [0.1, 0.15) is 38.5 Å². The van der Waals surface area contributed by atoms with Crippen LogP contribution >= 0.6 is 0 Å². The van der Waals surface area contributed by atoms with Gasteiger partial charge in [-0.15, -0.1) is 0 Å². The van der Waals surface area contributed by atoms with E-state index in [-0.39, 0.29) is 0 Å². The summed E-state index contributed by atoms with van der Waals surface area (Å²) in [6.45, 7) is 0.